The van der Waals surface area contributed by atoms with Gasteiger partial charge in [0.15, 0.2) is 0 Å². The van der Waals surface area contributed by atoms with E-state index < -0.39 is 0 Å². The lowest BCUT2D eigenvalue weighted by molar-refractivity contribution is 0.415. The van der Waals surface area contributed by atoms with Crippen molar-refractivity contribution >= 4 is 22.2 Å². The van der Waals surface area contributed by atoms with E-state index in [1.807, 2.05) is 42.5 Å². The molecule has 112 valence electrons. The van der Waals surface area contributed by atoms with E-state index in [-0.39, 0.29) is 0 Å². The average molecular weight is 311 g/mol. The number of thiazole rings is 1. The number of nitrogens with zero attached hydrogens (tertiary/aromatic N) is 2. The van der Waals surface area contributed by atoms with Crippen molar-refractivity contribution in [1.82, 2.24) is 9.97 Å². The quantitative estimate of drug-likeness (QED) is 0.752. The van der Waals surface area contributed by atoms with Crippen LogP contribution in [0.3, 0.4) is 0 Å². The largest absolute Gasteiger partial charge is 0.497 e. The predicted octanol–water partition coefficient (Wildman–Crippen LogP) is 4.52. The number of benzene rings is 1. The maximum Gasteiger partial charge on any atom is 0.130 e. The standard InChI is InChI=1S/C17H17N3OS/c1-3-15-20-16(12-7-6-8-13(11-12)21-2)17(22-15)19-14-9-4-5-10-18-14/h4-11H,3H2,1-2H3,(H,18,19). The molecule has 22 heavy (non-hydrogen) atoms. The first kappa shape index (κ1) is 14.5. The monoisotopic (exact) mass is 311 g/mol. The average Bonchev–Trinajstić information content (AvgIpc) is 2.99. The minimum absolute atomic E-state index is 0.818. The molecule has 0 saturated carbocycles. The molecule has 3 rings (SSSR count). The Labute approximate surface area is 133 Å². The molecule has 2 aromatic heterocycles. The second-order valence-corrected chi connectivity index (χ2v) is 5.79. The Bertz CT molecular complexity index is 756. The molecule has 0 radical (unpaired) electrons. The summed E-state index contributed by atoms with van der Waals surface area (Å²) in [6.45, 7) is 2.11. The van der Waals surface area contributed by atoms with E-state index in [0.717, 1.165) is 39.3 Å². The van der Waals surface area contributed by atoms with E-state index in [4.69, 9.17) is 9.72 Å². The molecule has 1 N–H and O–H groups in total. The third kappa shape index (κ3) is 3.09. The second-order valence-electron chi connectivity index (χ2n) is 4.71. The van der Waals surface area contributed by atoms with Crippen LogP contribution in [0.4, 0.5) is 10.8 Å². The van der Waals surface area contributed by atoms with Crippen LogP contribution in [0.1, 0.15) is 11.9 Å². The summed E-state index contributed by atoms with van der Waals surface area (Å²) in [7, 11) is 1.67. The van der Waals surface area contributed by atoms with Crippen LogP contribution >= 0.6 is 11.3 Å². The third-order valence-electron chi connectivity index (χ3n) is 3.22. The smallest absolute Gasteiger partial charge is 0.130 e. The van der Waals surface area contributed by atoms with Gasteiger partial charge in [0.05, 0.1) is 12.1 Å². The lowest BCUT2D eigenvalue weighted by Crippen LogP contribution is -1.93. The van der Waals surface area contributed by atoms with Crippen LogP contribution in [0.5, 0.6) is 5.75 Å². The zero-order chi connectivity index (χ0) is 15.4. The highest BCUT2D eigenvalue weighted by Crippen LogP contribution is 2.36. The van der Waals surface area contributed by atoms with Crippen molar-refractivity contribution in [3.63, 3.8) is 0 Å². The minimum atomic E-state index is 0.818. The Morgan fingerprint density at radius 2 is 2.09 bits per heavy atom. The fourth-order valence-electron chi connectivity index (χ4n) is 2.12. The number of aromatic nitrogens is 2. The van der Waals surface area contributed by atoms with E-state index in [0.29, 0.717) is 0 Å². The Morgan fingerprint density at radius 1 is 1.18 bits per heavy atom. The van der Waals surface area contributed by atoms with Gasteiger partial charge in [-0.05, 0) is 30.7 Å². The molecule has 5 heteroatoms. The number of rotatable bonds is 5. The normalized spacial score (nSPS) is 10.5. The fourth-order valence-corrected chi connectivity index (χ4v) is 3.05. The summed E-state index contributed by atoms with van der Waals surface area (Å²) >= 11 is 1.66. The molecular formula is C17H17N3OS. The molecule has 0 amide bonds. The number of aryl methyl sites for hydroxylation is 1. The zero-order valence-corrected chi connectivity index (χ0v) is 13.4. The zero-order valence-electron chi connectivity index (χ0n) is 12.5. The number of pyridine rings is 1. The summed E-state index contributed by atoms with van der Waals surface area (Å²) in [6.07, 6.45) is 2.68. The van der Waals surface area contributed by atoms with E-state index in [1.54, 1.807) is 24.6 Å². The topological polar surface area (TPSA) is 47.0 Å². The van der Waals surface area contributed by atoms with Crippen molar-refractivity contribution in [3.05, 3.63) is 53.7 Å². The van der Waals surface area contributed by atoms with Gasteiger partial charge in [0.2, 0.25) is 0 Å². The molecule has 0 spiro atoms. The van der Waals surface area contributed by atoms with Gasteiger partial charge in [-0.15, -0.1) is 11.3 Å². The van der Waals surface area contributed by atoms with Crippen LogP contribution in [0.25, 0.3) is 11.3 Å². The first-order valence-corrected chi connectivity index (χ1v) is 7.94. The van der Waals surface area contributed by atoms with E-state index >= 15 is 0 Å². The van der Waals surface area contributed by atoms with E-state index in [9.17, 15) is 0 Å². The molecule has 0 fully saturated rings. The summed E-state index contributed by atoms with van der Waals surface area (Å²) in [4.78, 5) is 9.06. The van der Waals surface area contributed by atoms with Crippen LogP contribution in [-0.2, 0) is 6.42 Å². The number of hydrogen-bond donors (Lipinski definition) is 1. The van der Waals surface area contributed by atoms with Gasteiger partial charge in [0, 0.05) is 11.8 Å². The molecule has 0 atom stereocenters. The molecule has 0 bridgehead atoms. The van der Waals surface area contributed by atoms with Crippen LogP contribution in [0.15, 0.2) is 48.7 Å². The molecule has 2 heterocycles. The minimum Gasteiger partial charge on any atom is -0.497 e. The van der Waals surface area contributed by atoms with Crippen LogP contribution in [0, 0.1) is 0 Å². The summed E-state index contributed by atoms with van der Waals surface area (Å²) in [5.74, 6) is 1.64. The summed E-state index contributed by atoms with van der Waals surface area (Å²) in [5, 5.41) is 5.46. The highest BCUT2D eigenvalue weighted by Gasteiger charge is 2.13. The maximum atomic E-state index is 5.31. The molecule has 0 aliphatic carbocycles. The Hall–Kier alpha value is -2.40. The van der Waals surface area contributed by atoms with Crippen molar-refractivity contribution in [2.45, 2.75) is 13.3 Å². The van der Waals surface area contributed by atoms with Crippen molar-refractivity contribution < 1.29 is 4.74 Å². The number of ether oxygens (including phenoxy) is 1. The Balaban J connectivity index is 2.01. The molecule has 0 saturated heterocycles. The number of hydrogen-bond acceptors (Lipinski definition) is 5. The second kappa shape index (κ2) is 6.58. The molecule has 0 unspecified atom stereocenters. The first-order valence-electron chi connectivity index (χ1n) is 7.12. The van der Waals surface area contributed by atoms with Crippen molar-refractivity contribution in [2.75, 3.05) is 12.4 Å². The lowest BCUT2D eigenvalue weighted by Gasteiger charge is -2.06. The van der Waals surface area contributed by atoms with Gasteiger partial charge in [-0.1, -0.05) is 25.1 Å². The van der Waals surface area contributed by atoms with Gasteiger partial charge in [-0.3, -0.25) is 0 Å². The van der Waals surface area contributed by atoms with Crippen LogP contribution < -0.4 is 10.1 Å². The van der Waals surface area contributed by atoms with E-state index in [1.165, 1.54) is 0 Å². The van der Waals surface area contributed by atoms with Crippen LogP contribution in [-0.4, -0.2) is 17.1 Å². The summed E-state index contributed by atoms with van der Waals surface area (Å²) in [5.41, 5.74) is 1.97. The molecule has 0 aliphatic heterocycles. The summed E-state index contributed by atoms with van der Waals surface area (Å²) in [6, 6.07) is 13.8. The van der Waals surface area contributed by atoms with Gasteiger partial charge >= 0.3 is 0 Å². The Kier molecular flexibility index (Phi) is 4.34. The molecule has 0 aliphatic rings. The number of anilines is 2. The number of methoxy groups -OCH3 is 1. The van der Waals surface area contributed by atoms with Gasteiger partial charge < -0.3 is 10.1 Å². The molecule has 1 aromatic carbocycles. The fraction of sp³-hybridized carbons (Fsp3) is 0.176. The van der Waals surface area contributed by atoms with Gasteiger partial charge in [-0.2, -0.15) is 0 Å². The predicted molar refractivity (Wildman–Crippen MR) is 91.0 cm³/mol. The van der Waals surface area contributed by atoms with Gasteiger partial charge in [-0.25, -0.2) is 9.97 Å². The van der Waals surface area contributed by atoms with Crippen LogP contribution in [0.2, 0.25) is 0 Å². The maximum absolute atomic E-state index is 5.31. The highest BCUT2D eigenvalue weighted by molar-refractivity contribution is 7.16. The highest BCUT2D eigenvalue weighted by atomic mass is 32.1. The van der Waals surface area contributed by atoms with Crippen molar-refractivity contribution in [3.8, 4) is 17.0 Å². The van der Waals surface area contributed by atoms with Crippen molar-refractivity contribution in [1.29, 1.82) is 0 Å². The van der Waals surface area contributed by atoms with Gasteiger partial charge in [0.1, 0.15) is 22.3 Å². The lowest BCUT2D eigenvalue weighted by atomic mass is 10.1. The van der Waals surface area contributed by atoms with Crippen molar-refractivity contribution in [2.24, 2.45) is 0 Å². The van der Waals surface area contributed by atoms with E-state index in [2.05, 4.69) is 17.2 Å². The molecule has 4 nitrogen and oxygen atoms in total. The Morgan fingerprint density at radius 3 is 2.82 bits per heavy atom. The van der Waals surface area contributed by atoms with Gasteiger partial charge in [0.25, 0.3) is 0 Å². The number of nitrogens with one attached hydrogen (secondary N) is 1. The third-order valence-corrected chi connectivity index (χ3v) is 4.34. The molecular weight excluding hydrogens is 294 g/mol. The molecule has 3 aromatic rings. The SMILES string of the molecule is CCc1nc(-c2cccc(OC)c2)c(Nc2ccccn2)s1. The first-order chi connectivity index (χ1) is 10.8. The summed E-state index contributed by atoms with van der Waals surface area (Å²) < 4.78 is 5.31.